The number of ketones is 3. The Labute approximate surface area is 878 Å². The molecular weight excluding hydrogens is 1880 g/mol. The maximum Gasteiger partial charge on any atom is 0.312 e. The van der Waals surface area contributed by atoms with E-state index in [0.29, 0.717) is 18.0 Å². The molecule has 0 amide bonds. The third-order valence-electron chi connectivity index (χ3n) is 34.5. The molecule has 14 aliphatic carbocycles. The van der Waals surface area contributed by atoms with Crippen molar-refractivity contribution in [2.45, 2.75) is 394 Å². The largest absolute Gasteiger partial charge is 0.497 e. The first-order valence-corrected chi connectivity index (χ1v) is 62.2. The Morgan fingerprint density at radius 3 is 1.02 bits per heavy atom. The van der Waals surface area contributed by atoms with Gasteiger partial charge in [-0.15, -0.1) is 0 Å². The fourth-order valence-corrected chi connectivity index (χ4v) is 38.3. The number of esters is 2. The van der Waals surface area contributed by atoms with Crippen LogP contribution in [0.2, 0.25) is 0 Å². The standard InChI is InChI=1S/2C21H31OS.C19H17OS.C17H25O3S.2C14H21FO2.C11H18.C9H18F2/c2*1-21(2,23-15-7-4-8-16-23)20(22)19-13-11-18(12-14-19)17-9-5-3-6-10-17;1-20-16-12-14-19(15-13-16)21(17-8-4-2-5-9-17)18-10-6-3-7-11-18;1-17(2,3)16(21-11-9-20-10-12-21)15(18)13-5-7-14(19-4)8-6-13;2*1-9(15)8-17-13(16)14-5-10-2-11(6-14)4-12(3-10)7-14;1-11-5-8-2-9(6-11)4-10(3-8)7-11;1-5-9(10,11)7-6-8(2,3)4/h2*11-14,17H,3-10,15-16H2,1-2H3;2-15H,1H3;5-8,16H,9-12H2,1-4H3;2*9-12H,2-8H2,1H3;8-10H,2-7H2,1H3;5-7H2,1-4H3/q4*+1;;;;. The SMILES string of the molecule is CC(C)(C(=O)c1ccc(C2CCCCC2)cc1)[S+]1CCCCC1.CC(C)(C(=O)c1ccc(C2CCCCC2)cc1)[S+]1CCCCC1.CC(F)COC(=O)C12CC3CC(CC(C3)C1)C2.CC(F)COC(=O)C12CC3CC(CC(C3)C1)C2.CC12CC3CC(CC(C3)C1)C2.CCC(F)(F)CCC(C)(C)C.COc1ccc(C(=O)C([S+]2CCOCC2)C(C)(C)C)cc1.COc1ccc([S+](c2ccccc2)c2ccccc2)cc1. The maximum absolute atomic E-state index is 13.1. The minimum Gasteiger partial charge on any atom is -0.497 e. The second-order valence-electron chi connectivity index (χ2n) is 49.7. The monoisotopic (exact) mass is 2060 g/mol. The molecule has 14 saturated carbocycles. The summed E-state index contributed by atoms with van der Waals surface area (Å²) in [5.74, 6) is 16.3. The van der Waals surface area contributed by atoms with Crippen LogP contribution < -0.4 is 9.47 Å². The molecule has 3 aliphatic heterocycles. The van der Waals surface area contributed by atoms with Crippen molar-refractivity contribution in [3.8, 4) is 11.5 Å². The van der Waals surface area contributed by atoms with Gasteiger partial charge in [0.05, 0.1) is 49.2 Å². The number of carbonyl (C=O) groups is 5. The number of benzene rings is 6. The van der Waals surface area contributed by atoms with Crippen LogP contribution in [0.1, 0.15) is 389 Å². The number of halogens is 4. The lowest BCUT2D eigenvalue weighted by molar-refractivity contribution is -0.173. The molecule has 6 aromatic rings. The second-order valence-corrected chi connectivity index (χ2v) is 59.7. The van der Waals surface area contributed by atoms with Crippen molar-refractivity contribution in [1.82, 2.24) is 0 Å². The van der Waals surface area contributed by atoms with Gasteiger partial charge in [-0.1, -0.05) is 179 Å². The molecule has 794 valence electrons. The molecule has 6 aromatic carbocycles. The van der Waals surface area contributed by atoms with Gasteiger partial charge >= 0.3 is 11.9 Å². The molecule has 17 aliphatic rings. The van der Waals surface area contributed by atoms with Gasteiger partial charge in [-0.2, -0.15) is 0 Å². The first-order chi connectivity index (χ1) is 68.6. The molecule has 0 radical (unpaired) electrons. The lowest BCUT2D eigenvalue weighted by atomic mass is 9.49. The molecule has 0 aromatic heterocycles. The normalized spacial score (nSPS) is 27.2. The Bertz CT molecular complexity index is 4610. The Hall–Kier alpha value is -6.05. The van der Waals surface area contributed by atoms with Gasteiger partial charge in [0.25, 0.3) is 0 Å². The fraction of sp³-hybridized carbons (Fsp3) is 0.675. The zero-order valence-corrected chi connectivity index (χ0v) is 94.3. The quantitative estimate of drug-likeness (QED) is 0.0236. The van der Waals surface area contributed by atoms with E-state index in [1.165, 1.54) is 211 Å². The third-order valence-corrected chi connectivity index (χ3v) is 46.1. The zero-order valence-electron chi connectivity index (χ0n) is 91.1. The fourth-order valence-electron chi connectivity index (χ4n) is 28.0. The number of hydrogen-bond acceptors (Lipinski definition) is 10. The van der Waals surface area contributed by atoms with Gasteiger partial charge in [-0.05, 0) is 388 Å². The van der Waals surface area contributed by atoms with E-state index in [2.05, 4.69) is 177 Å². The van der Waals surface area contributed by atoms with Crippen molar-refractivity contribution >= 4 is 72.9 Å². The van der Waals surface area contributed by atoms with Gasteiger partial charge in [-0.3, -0.25) is 24.0 Å². The van der Waals surface area contributed by atoms with Crippen molar-refractivity contribution in [2.75, 3.05) is 75.2 Å². The summed E-state index contributed by atoms with van der Waals surface area (Å²) in [4.78, 5) is 67.5. The molecule has 17 fully saturated rings. The van der Waals surface area contributed by atoms with E-state index in [4.69, 9.17) is 23.7 Å². The lowest BCUT2D eigenvalue weighted by Gasteiger charge is -2.55. The number of rotatable bonds is 25. The van der Waals surface area contributed by atoms with Crippen LogP contribution in [0.4, 0.5) is 17.6 Å². The van der Waals surface area contributed by atoms with Gasteiger partial charge in [0.2, 0.25) is 23.3 Å². The average molecular weight is 2060 g/mol. The first-order valence-electron chi connectivity index (χ1n) is 56.2. The van der Waals surface area contributed by atoms with Crippen LogP contribution in [0.5, 0.6) is 11.5 Å². The Kier molecular flexibility index (Phi) is 42.2. The predicted molar refractivity (Wildman–Crippen MR) is 594 cm³/mol. The van der Waals surface area contributed by atoms with E-state index >= 15 is 0 Å². The molecule has 144 heavy (non-hydrogen) atoms. The summed E-state index contributed by atoms with van der Waals surface area (Å²) in [6, 6.07) is 54.4. The third kappa shape index (κ3) is 32.3. The summed E-state index contributed by atoms with van der Waals surface area (Å²) in [6.07, 6.45) is 43.3. The van der Waals surface area contributed by atoms with E-state index in [9.17, 15) is 41.5 Å². The molecule has 10 nitrogen and oxygen atoms in total. The summed E-state index contributed by atoms with van der Waals surface area (Å²) in [5.41, 5.74) is 5.85. The maximum atomic E-state index is 13.1. The number of alkyl halides is 4. The number of methoxy groups -OCH3 is 2. The van der Waals surface area contributed by atoms with Crippen LogP contribution >= 0.6 is 0 Å². The number of hydrogen-bond donors (Lipinski definition) is 0. The van der Waals surface area contributed by atoms with E-state index in [1.54, 1.807) is 52.7 Å². The van der Waals surface area contributed by atoms with Crippen LogP contribution in [0, 0.1) is 80.3 Å². The summed E-state index contributed by atoms with van der Waals surface area (Å²) in [7, 11) is 3.87. The van der Waals surface area contributed by atoms with Crippen molar-refractivity contribution in [3.63, 3.8) is 0 Å². The first kappa shape index (κ1) is 115. The number of ether oxygens (including phenoxy) is 5. The molecule has 3 atom stereocenters. The molecule has 3 heterocycles. The molecule has 0 N–H and O–H groups in total. The highest BCUT2D eigenvalue weighted by atomic mass is 32.2. The molecule has 3 saturated heterocycles. The molecule has 3 unspecified atom stereocenters. The summed E-state index contributed by atoms with van der Waals surface area (Å²) < 4.78 is 76.7. The average Bonchev–Trinajstić information content (AvgIpc) is 0.734. The molecular formula is C126H182F4O10S4+4. The highest BCUT2D eigenvalue weighted by molar-refractivity contribution is 7.99. The minimum absolute atomic E-state index is 0.0208. The van der Waals surface area contributed by atoms with Crippen LogP contribution in [-0.2, 0) is 67.4 Å². The van der Waals surface area contributed by atoms with Gasteiger partial charge < -0.3 is 23.7 Å². The molecule has 18 heteroatoms. The van der Waals surface area contributed by atoms with Crippen LogP contribution in [0.25, 0.3) is 0 Å². The minimum atomic E-state index is -2.45. The van der Waals surface area contributed by atoms with Crippen molar-refractivity contribution in [2.24, 2.45) is 80.3 Å². The number of carbonyl (C=O) groups excluding carboxylic acids is 5. The van der Waals surface area contributed by atoms with Crippen molar-refractivity contribution in [1.29, 1.82) is 0 Å². The van der Waals surface area contributed by atoms with Crippen LogP contribution in [0.15, 0.2) is 172 Å². The lowest BCUT2D eigenvalue weighted by Crippen LogP contribution is -2.50. The van der Waals surface area contributed by atoms with Gasteiger partial charge in [-0.25, -0.2) is 17.6 Å². The second kappa shape index (κ2) is 52.8. The summed E-state index contributed by atoms with van der Waals surface area (Å²) >= 11 is 0. The van der Waals surface area contributed by atoms with Crippen LogP contribution in [0.3, 0.4) is 0 Å². The zero-order chi connectivity index (χ0) is 103. The van der Waals surface area contributed by atoms with Gasteiger partial charge in [0, 0.05) is 67.6 Å². The van der Waals surface area contributed by atoms with E-state index in [0.717, 1.165) is 162 Å². The smallest absolute Gasteiger partial charge is 0.312 e. The van der Waals surface area contributed by atoms with E-state index in [1.807, 2.05) is 57.2 Å². The van der Waals surface area contributed by atoms with Crippen molar-refractivity contribution in [3.05, 3.63) is 186 Å². The van der Waals surface area contributed by atoms with Gasteiger partial charge in [0.15, 0.2) is 29.4 Å². The molecule has 12 bridgehead atoms. The van der Waals surface area contributed by atoms with E-state index < -0.39 is 18.3 Å². The summed E-state index contributed by atoms with van der Waals surface area (Å²) in [5, 5.41) is 0.0646. The molecule has 0 spiro atoms. The Morgan fingerprint density at radius 2 is 0.715 bits per heavy atom. The van der Waals surface area contributed by atoms with Crippen molar-refractivity contribution < 1.29 is 65.2 Å². The topological polar surface area (TPSA) is 132 Å². The van der Waals surface area contributed by atoms with Gasteiger partial charge in [0.1, 0.15) is 71.6 Å². The van der Waals surface area contributed by atoms with Crippen LogP contribution in [-0.4, -0.2) is 137 Å². The Morgan fingerprint density at radius 1 is 0.403 bits per heavy atom. The highest BCUT2D eigenvalue weighted by Gasteiger charge is 2.58. The van der Waals surface area contributed by atoms with E-state index in [-0.39, 0.29) is 124 Å². The predicted octanol–water partition coefficient (Wildman–Crippen LogP) is 32.0. The Balaban J connectivity index is 0.000000139. The molecule has 23 rings (SSSR count). The highest BCUT2D eigenvalue weighted by Crippen LogP contribution is 2.63. The summed E-state index contributed by atoms with van der Waals surface area (Å²) in [6.45, 7) is 29.6. The number of Topliss-reactive ketones (excluding diaryl/α,β-unsaturated/α-hetero) is 3.